The Morgan fingerprint density at radius 3 is 2.74 bits per heavy atom. The van der Waals surface area contributed by atoms with Gasteiger partial charge in [0.05, 0.1) is 0 Å². The fourth-order valence-corrected chi connectivity index (χ4v) is 2.14. The second-order valence-corrected chi connectivity index (χ2v) is 4.62. The van der Waals surface area contributed by atoms with Gasteiger partial charge in [-0.05, 0) is 25.8 Å². The zero-order valence-corrected chi connectivity index (χ0v) is 10.9. The van der Waals surface area contributed by atoms with E-state index in [1.54, 1.807) is 17.9 Å². The predicted molar refractivity (Wildman–Crippen MR) is 69.4 cm³/mol. The molecule has 1 aliphatic heterocycles. The van der Waals surface area contributed by atoms with Gasteiger partial charge in [0.1, 0.15) is 5.76 Å². The summed E-state index contributed by atoms with van der Waals surface area (Å²) in [6.45, 7) is 6.39. The van der Waals surface area contributed by atoms with E-state index < -0.39 is 0 Å². The minimum Gasteiger partial charge on any atom is -0.360 e. The highest BCUT2D eigenvalue weighted by molar-refractivity contribution is 5.92. The van der Waals surface area contributed by atoms with Crippen LogP contribution in [-0.4, -0.2) is 35.0 Å². The topological polar surface area (TPSA) is 75.4 Å². The molecule has 0 aromatic carbocycles. The van der Waals surface area contributed by atoms with Crippen LogP contribution >= 0.6 is 0 Å². The summed E-state index contributed by atoms with van der Waals surface area (Å²) in [6.07, 6.45) is 2.61. The third-order valence-electron chi connectivity index (χ3n) is 3.23. The molecule has 0 atom stereocenters. The molecular weight excluding hydrogens is 246 g/mol. The lowest BCUT2D eigenvalue weighted by Gasteiger charge is -2.30. The lowest BCUT2D eigenvalue weighted by atomic mass is 9.96. The summed E-state index contributed by atoms with van der Waals surface area (Å²) in [5.41, 5.74) is 0. The van der Waals surface area contributed by atoms with Gasteiger partial charge >= 0.3 is 0 Å². The molecule has 0 aliphatic carbocycles. The number of nitrogens with zero attached hydrogens (tertiary/aromatic N) is 2. The Morgan fingerprint density at radius 1 is 1.53 bits per heavy atom. The number of aromatic nitrogens is 1. The largest absolute Gasteiger partial charge is 0.360 e. The number of likely N-dealkylation sites (tertiary alicyclic amines) is 1. The first-order valence-electron chi connectivity index (χ1n) is 6.25. The predicted octanol–water partition coefficient (Wildman–Crippen LogP) is 1.35. The van der Waals surface area contributed by atoms with Crippen LogP contribution in [0, 0.1) is 12.8 Å². The molecule has 19 heavy (non-hydrogen) atoms. The van der Waals surface area contributed by atoms with Gasteiger partial charge in [0, 0.05) is 25.1 Å². The highest BCUT2D eigenvalue weighted by atomic mass is 16.5. The second-order valence-electron chi connectivity index (χ2n) is 4.62. The van der Waals surface area contributed by atoms with Gasteiger partial charge in [0.15, 0.2) is 5.82 Å². The smallest absolute Gasteiger partial charge is 0.245 e. The molecular formula is C13H17N3O3. The molecule has 0 spiro atoms. The number of rotatable bonds is 3. The average molecular weight is 263 g/mol. The van der Waals surface area contributed by atoms with Crippen LogP contribution in [-0.2, 0) is 9.59 Å². The lowest BCUT2D eigenvalue weighted by molar-refractivity contribution is -0.130. The van der Waals surface area contributed by atoms with E-state index in [0.29, 0.717) is 37.5 Å². The number of carbonyl (C=O) groups excluding carboxylic acids is 2. The lowest BCUT2D eigenvalue weighted by Crippen LogP contribution is -2.40. The maximum Gasteiger partial charge on any atom is 0.245 e. The highest BCUT2D eigenvalue weighted by Gasteiger charge is 2.26. The van der Waals surface area contributed by atoms with Crippen molar-refractivity contribution < 1.29 is 14.1 Å². The van der Waals surface area contributed by atoms with Crippen LogP contribution in [0.25, 0.3) is 0 Å². The van der Waals surface area contributed by atoms with Crippen LogP contribution in [0.2, 0.25) is 0 Å². The Hall–Kier alpha value is -2.11. The Morgan fingerprint density at radius 2 is 2.21 bits per heavy atom. The number of amides is 2. The molecule has 0 radical (unpaired) electrons. The van der Waals surface area contributed by atoms with E-state index in [1.807, 2.05) is 0 Å². The third-order valence-corrected chi connectivity index (χ3v) is 3.23. The van der Waals surface area contributed by atoms with Crippen molar-refractivity contribution in [2.75, 3.05) is 18.4 Å². The summed E-state index contributed by atoms with van der Waals surface area (Å²) in [5, 5.41) is 6.45. The van der Waals surface area contributed by atoms with E-state index in [4.69, 9.17) is 4.52 Å². The van der Waals surface area contributed by atoms with Crippen LogP contribution in [0.1, 0.15) is 18.6 Å². The summed E-state index contributed by atoms with van der Waals surface area (Å²) in [5.74, 6) is 0.852. The van der Waals surface area contributed by atoms with Gasteiger partial charge in [0.25, 0.3) is 0 Å². The van der Waals surface area contributed by atoms with Crippen LogP contribution in [0.3, 0.4) is 0 Å². The van der Waals surface area contributed by atoms with E-state index in [-0.39, 0.29) is 17.7 Å². The standard InChI is InChI=1S/C13H17N3O3/c1-3-12(17)16-6-4-10(5-7-16)13(18)14-11-8-9(2)19-15-11/h3,8,10H,1,4-7H2,2H3,(H,14,15,18). The van der Waals surface area contributed by atoms with Crippen molar-refractivity contribution in [3.05, 3.63) is 24.5 Å². The number of anilines is 1. The first-order chi connectivity index (χ1) is 9.10. The molecule has 1 aromatic heterocycles. The van der Waals surface area contributed by atoms with Crippen molar-refractivity contribution >= 4 is 17.6 Å². The van der Waals surface area contributed by atoms with E-state index in [9.17, 15) is 9.59 Å². The van der Waals surface area contributed by atoms with E-state index >= 15 is 0 Å². The monoisotopic (exact) mass is 263 g/mol. The minimum absolute atomic E-state index is 0.0704. The number of piperidine rings is 1. The summed E-state index contributed by atoms with van der Waals surface area (Å²) >= 11 is 0. The van der Waals surface area contributed by atoms with Crippen molar-refractivity contribution in [1.82, 2.24) is 10.1 Å². The average Bonchev–Trinajstić information content (AvgIpc) is 2.83. The van der Waals surface area contributed by atoms with Crippen molar-refractivity contribution in [2.24, 2.45) is 5.92 Å². The van der Waals surface area contributed by atoms with Crippen molar-refractivity contribution in [2.45, 2.75) is 19.8 Å². The van der Waals surface area contributed by atoms with E-state index in [1.165, 1.54) is 6.08 Å². The molecule has 0 unspecified atom stereocenters. The molecule has 6 heteroatoms. The molecule has 102 valence electrons. The molecule has 1 N–H and O–H groups in total. The molecule has 6 nitrogen and oxygen atoms in total. The van der Waals surface area contributed by atoms with Gasteiger partial charge in [-0.3, -0.25) is 9.59 Å². The molecule has 0 saturated carbocycles. The normalized spacial score (nSPS) is 16.2. The summed E-state index contributed by atoms with van der Waals surface area (Å²) in [6, 6.07) is 1.67. The molecule has 2 heterocycles. The van der Waals surface area contributed by atoms with Crippen molar-refractivity contribution in [1.29, 1.82) is 0 Å². The number of hydrogen-bond donors (Lipinski definition) is 1. The van der Waals surface area contributed by atoms with Gasteiger partial charge in [-0.1, -0.05) is 11.7 Å². The van der Waals surface area contributed by atoms with Crippen LogP contribution in [0.4, 0.5) is 5.82 Å². The third kappa shape index (κ3) is 3.21. The Balaban J connectivity index is 1.85. The van der Waals surface area contributed by atoms with Gasteiger partial charge in [-0.2, -0.15) is 0 Å². The second kappa shape index (κ2) is 5.69. The molecule has 1 aromatic rings. The maximum atomic E-state index is 12.0. The van der Waals surface area contributed by atoms with Gasteiger partial charge in [0.2, 0.25) is 11.8 Å². The molecule has 1 aliphatic rings. The maximum absolute atomic E-state index is 12.0. The summed E-state index contributed by atoms with van der Waals surface area (Å²) in [4.78, 5) is 25.1. The first-order valence-corrected chi connectivity index (χ1v) is 6.25. The number of aryl methyl sites for hydroxylation is 1. The Kier molecular flexibility index (Phi) is 3.99. The molecule has 2 amide bonds. The van der Waals surface area contributed by atoms with Crippen LogP contribution in [0.5, 0.6) is 0 Å². The molecule has 1 saturated heterocycles. The zero-order valence-electron chi connectivity index (χ0n) is 10.9. The molecule has 1 fully saturated rings. The Labute approximate surface area is 111 Å². The van der Waals surface area contributed by atoms with Gasteiger partial charge in [-0.25, -0.2) is 0 Å². The number of nitrogens with one attached hydrogen (secondary N) is 1. The Bertz CT molecular complexity index is 487. The van der Waals surface area contributed by atoms with Gasteiger partial charge in [-0.15, -0.1) is 0 Å². The van der Waals surface area contributed by atoms with Crippen LogP contribution < -0.4 is 5.32 Å². The molecule has 2 rings (SSSR count). The van der Waals surface area contributed by atoms with Crippen LogP contribution in [0.15, 0.2) is 23.2 Å². The van der Waals surface area contributed by atoms with Gasteiger partial charge < -0.3 is 14.7 Å². The zero-order chi connectivity index (χ0) is 13.8. The fourth-order valence-electron chi connectivity index (χ4n) is 2.14. The highest BCUT2D eigenvalue weighted by Crippen LogP contribution is 2.19. The minimum atomic E-state index is -0.0918. The summed E-state index contributed by atoms with van der Waals surface area (Å²) in [7, 11) is 0. The van der Waals surface area contributed by atoms with E-state index in [2.05, 4.69) is 17.1 Å². The van der Waals surface area contributed by atoms with E-state index in [0.717, 1.165) is 0 Å². The van der Waals surface area contributed by atoms with Crippen molar-refractivity contribution in [3.63, 3.8) is 0 Å². The summed E-state index contributed by atoms with van der Waals surface area (Å²) < 4.78 is 4.89. The fraction of sp³-hybridized carbons (Fsp3) is 0.462. The first kappa shape index (κ1) is 13.3. The van der Waals surface area contributed by atoms with Crippen molar-refractivity contribution in [3.8, 4) is 0 Å². The quantitative estimate of drug-likeness (QED) is 0.835. The number of carbonyl (C=O) groups is 2. The number of hydrogen-bond acceptors (Lipinski definition) is 4. The SMILES string of the molecule is C=CC(=O)N1CCC(C(=O)Nc2cc(C)on2)CC1. The molecule has 0 bridgehead atoms.